The summed E-state index contributed by atoms with van der Waals surface area (Å²) < 4.78 is 0. The molecule has 0 aliphatic heterocycles. The Morgan fingerprint density at radius 2 is 1.54 bits per heavy atom. The van der Waals surface area contributed by atoms with Crippen LogP contribution < -0.4 is 10.6 Å². The molecule has 0 bridgehead atoms. The summed E-state index contributed by atoms with van der Waals surface area (Å²) in [5.41, 5.74) is 4.30. The third-order valence-corrected chi connectivity index (χ3v) is 4.12. The number of aromatic nitrogens is 2. The van der Waals surface area contributed by atoms with Crippen molar-refractivity contribution < 1.29 is 4.79 Å². The van der Waals surface area contributed by atoms with Gasteiger partial charge in [0.25, 0.3) is 5.91 Å². The van der Waals surface area contributed by atoms with Crippen LogP contribution >= 0.6 is 0 Å². The number of rotatable bonds is 6. The summed E-state index contributed by atoms with van der Waals surface area (Å²) in [6, 6.07) is 8.11. The first-order valence-corrected chi connectivity index (χ1v) is 9.25. The lowest BCUT2D eigenvalue weighted by Gasteiger charge is -2.20. The molecule has 0 aliphatic carbocycles. The van der Waals surface area contributed by atoms with Gasteiger partial charge in [0, 0.05) is 17.4 Å². The maximum Gasteiger partial charge on any atom is 0.274 e. The molecule has 1 aromatic carbocycles. The van der Waals surface area contributed by atoms with Crippen LogP contribution in [0.3, 0.4) is 0 Å². The highest BCUT2D eigenvalue weighted by molar-refractivity contribution is 6.04. The molecule has 26 heavy (non-hydrogen) atoms. The van der Waals surface area contributed by atoms with Crippen molar-refractivity contribution in [2.75, 3.05) is 10.6 Å². The molecular weight excluding hydrogens is 324 g/mol. The second-order valence-corrected chi connectivity index (χ2v) is 7.59. The number of carbonyl (C=O) groups excluding carboxylic acids is 1. The van der Waals surface area contributed by atoms with E-state index in [1.807, 2.05) is 20.8 Å². The van der Waals surface area contributed by atoms with Crippen LogP contribution in [0.25, 0.3) is 0 Å². The maximum atomic E-state index is 12.9. The molecule has 1 heterocycles. The highest BCUT2D eigenvalue weighted by Crippen LogP contribution is 2.32. The molecule has 0 saturated heterocycles. The van der Waals surface area contributed by atoms with Crippen molar-refractivity contribution in [2.24, 2.45) is 0 Å². The second kappa shape index (κ2) is 8.30. The molecule has 0 unspecified atom stereocenters. The first kappa shape index (κ1) is 19.9. The fraction of sp³-hybridized carbons (Fsp3) is 0.476. The molecule has 1 amide bonds. The average molecular weight is 354 g/mol. The van der Waals surface area contributed by atoms with Crippen LogP contribution in [0.1, 0.15) is 80.7 Å². The van der Waals surface area contributed by atoms with E-state index in [9.17, 15) is 4.79 Å². The summed E-state index contributed by atoms with van der Waals surface area (Å²) >= 11 is 0. The van der Waals surface area contributed by atoms with Crippen LogP contribution in [0.4, 0.5) is 11.6 Å². The van der Waals surface area contributed by atoms with Gasteiger partial charge < -0.3 is 10.6 Å². The van der Waals surface area contributed by atoms with Crippen molar-refractivity contribution in [3.05, 3.63) is 46.8 Å². The number of hydrogen-bond donors (Lipinski definition) is 2. The first-order chi connectivity index (χ1) is 12.2. The minimum atomic E-state index is -0.211. The molecule has 0 spiro atoms. The van der Waals surface area contributed by atoms with Crippen LogP contribution in [-0.2, 0) is 0 Å². The fourth-order valence-corrected chi connectivity index (χ4v) is 2.88. The minimum absolute atomic E-state index is 0.196. The third kappa shape index (κ3) is 4.81. The SMILES string of the molecule is Cc1cc(C(=O)Nc2c(C(C)C)cccc2C(C)C)nc(NC(C)C)n1. The Hall–Kier alpha value is -2.43. The smallest absolute Gasteiger partial charge is 0.274 e. The van der Waals surface area contributed by atoms with Gasteiger partial charge in [-0.25, -0.2) is 9.97 Å². The summed E-state index contributed by atoms with van der Waals surface area (Å²) in [6.07, 6.45) is 0. The number of hydrogen-bond acceptors (Lipinski definition) is 4. The van der Waals surface area contributed by atoms with E-state index in [-0.39, 0.29) is 11.9 Å². The number of carbonyl (C=O) groups is 1. The number of benzene rings is 1. The predicted octanol–water partition coefficient (Wildman–Crippen LogP) is 5.10. The molecule has 2 N–H and O–H groups in total. The third-order valence-electron chi connectivity index (χ3n) is 4.12. The summed E-state index contributed by atoms with van der Waals surface area (Å²) in [6.45, 7) is 14.4. The monoisotopic (exact) mass is 354 g/mol. The lowest BCUT2D eigenvalue weighted by molar-refractivity contribution is 0.102. The summed E-state index contributed by atoms with van der Waals surface area (Å²) in [5, 5.41) is 6.27. The van der Waals surface area contributed by atoms with Gasteiger partial charge in [-0.2, -0.15) is 0 Å². The Morgan fingerprint density at radius 1 is 0.962 bits per heavy atom. The van der Waals surface area contributed by atoms with Crippen LogP contribution in [0.5, 0.6) is 0 Å². The standard InChI is InChI=1S/C21H30N4O/c1-12(2)16-9-8-10-17(13(3)4)19(16)25-20(26)18-11-15(7)23-21(24-18)22-14(5)6/h8-14H,1-7H3,(H,25,26)(H,22,23,24). The van der Waals surface area contributed by atoms with E-state index in [1.165, 1.54) is 0 Å². The number of nitrogens with one attached hydrogen (secondary N) is 2. The zero-order valence-corrected chi connectivity index (χ0v) is 16.8. The lowest BCUT2D eigenvalue weighted by Crippen LogP contribution is -2.20. The van der Waals surface area contributed by atoms with Gasteiger partial charge in [-0.15, -0.1) is 0 Å². The van der Waals surface area contributed by atoms with Crippen LogP contribution in [0.15, 0.2) is 24.3 Å². The molecule has 0 radical (unpaired) electrons. The Labute approximate surface area is 156 Å². The Kier molecular flexibility index (Phi) is 6.35. The topological polar surface area (TPSA) is 66.9 Å². The lowest BCUT2D eigenvalue weighted by atomic mass is 9.92. The normalized spacial score (nSPS) is 11.3. The highest BCUT2D eigenvalue weighted by Gasteiger charge is 2.18. The van der Waals surface area contributed by atoms with Crippen molar-refractivity contribution in [3.63, 3.8) is 0 Å². The first-order valence-electron chi connectivity index (χ1n) is 9.25. The number of aryl methyl sites for hydroxylation is 1. The maximum absolute atomic E-state index is 12.9. The fourth-order valence-electron chi connectivity index (χ4n) is 2.88. The molecular formula is C21H30N4O. The van der Waals surface area contributed by atoms with Gasteiger partial charge in [0.05, 0.1) is 0 Å². The largest absolute Gasteiger partial charge is 0.352 e. The van der Waals surface area contributed by atoms with E-state index in [0.717, 1.165) is 22.5 Å². The van der Waals surface area contributed by atoms with Gasteiger partial charge in [-0.1, -0.05) is 45.9 Å². The zero-order chi connectivity index (χ0) is 19.4. The van der Waals surface area contributed by atoms with Crippen molar-refractivity contribution in [1.82, 2.24) is 9.97 Å². The molecule has 2 aromatic rings. The quantitative estimate of drug-likeness (QED) is 0.757. The Morgan fingerprint density at radius 3 is 2.04 bits per heavy atom. The molecule has 5 nitrogen and oxygen atoms in total. The molecule has 2 rings (SSSR count). The van der Waals surface area contributed by atoms with E-state index in [2.05, 4.69) is 66.5 Å². The summed E-state index contributed by atoms with van der Waals surface area (Å²) in [7, 11) is 0. The van der Waals surface area contributed by atoms with Crippen LogP contribution in [0, 0.1) is 6.92 Å². The molecule has 5 heteroatoms. The van der Waals surface area contributed by atoms with E-state index < -0.39 is 0 Å². The predicted molar refractivity (Wildman–Crippen MR) is 108 cm³/mol. The number of nitrogens with zero attached hydrogens (tertiary/aromatic N) is 2. The van der Waals surface area contributed by atoms with Gasteiger partial charge in [0.1, 0.15) is 5.69 Å². The molecule has 0 aliphatic rings. The van der Waals surface area contributed by atoms with Gasteiger partial charge >= 0.3 is 0 Å². The molecule has 0 atom stereocenters. The van der Waals surface area contributed by atoms with E-state index in [0.29, 0.717) is 23.5 Å². The number of para-hydroxylation sites is 1. The van der Waals surface area contributed by atoms with Crippen molar-refractivity contribution in [1.29, 1.82) is 0 Å². The van der Waals surface area contributed by atoms with E-state index in [1.54, 1.807) is 6.07 Å². The number of amides is 1. The van der Waals surface area contributed by atoms with Crippen molar-refractivity contribution in [3.8, 4) is 0 Å². The van der Waals surface area contributed by atoms with Gasteiger partial charge in [-0.3, -0.25) is 4.79 Å². The van der Waals surface area contributed by atoms with Gasteiger partial charge in [-0.05, 0) is 49.8 Å². The molecule has 140 valence electrons. The average Bonchev–Trinajstić information content (AvgIpc) is 2.53. The van der Waals surface area contributed by atoms with Crippen molar-refractivity contribution >= 4 is 17.5 Å². The highest BCUT2D eigenvalue weighted by atomic mass is 16.1. The Bertz CT molecular complexity index is 755. The van der Waals surface area contributed by atoms with Gasteiger partial charge in [0.2, 0.25) is 5.95 Å². The minimum Gasteiger partial charge on any atom is -0.352 e. The van der Waals surface area contributed by atoms with Crippen LogP contribution in [0.2, 0.25) is 0 Å². The molecule has 0 saturated carbocycles. The molecule has 0 fully saturated rings. The Balaban J connectivity index is 2.40. The summed E-state index contributed by atoms with van der Waals surface area (Å²) in [5.74, 6) is 0.896. The van der Waals surface area contributed by atoms with E-state index in [4.69, 9.17) is 0 Å². The van der Waals surface area contributed by atoms with Crippen LogP contribution in [-0.4, -0.2) is 21.9 Å². The summed E-state index contributed by atoms with van der Waals surface area (Å²) in [4.78, 5) is 21.7. The van der Waals surface area contributed by atoms with E-state index >= 15 is 0 Å². The zero-order valence-electron chi connectivity index (χ0n) is 16.8. The van der Waals surface area contributed by atoms with Crippen molar-refractivity contribution in [2.45, 2.75) is 66.3 Å². The van der Waals surface area contributed by atoms with Gasteiger partial charge in [0.15, 0.2) is 0 Å². The second-order valence-electron chi connectivity index (χ2n) is 7.59. The molecule has 1 aromatic heterocycles. The number of anilines is 2.